The van der Waals surface area contributed by atoms with Gasteiger partial charge in [0, 0.05) is 16.1 Å². The van der Waals surface area contributed by atoms with Gasteiger partial charge >= 0.3 is 0 Å². The van der Waals surface area contributed by atoms with E-state index in [1.165, 1.54) is 0 Å². The molecule has 0 radical (unpaired) electrons. The van der Waals surface area contributed by atoms with Crippen LogP contribution in [0, 0.1) is 0 Å². The first-order chi connectivity index (χ1) is 7.91. The summed E-state index contributed by atoms with van der Waals surface area (Å²) in [5, 5.41) is 1.57. The van der Waals surface area contributed by atoms with Gasteiger partial charge in [-0.1, -0.05) is 50.2 Å². The molecule has 0 N–H and O–H groups in total. The Bertz CT molecular complexity index is 660. The van der Waals surface area contributed by atoms with Crippen LogP contribution < -0.4 is 0 Å². The summed E-state index contributed by atoms with van der Waals surface area (Å²) in [5.41, 5.74) is 0.763. The summed E-state index contributed by atoms with van der Waals surface area (Å²) in [4.78, 5) is 0.243. The van der Waals surface area contributed by atoms with Crippen molar-refractivity contribution in [3.05, 3.63) is 42.0 Å². The molecule has 0 amide bonds. The summed E-state index contributed by atoms with van der Waals surface area (Å²) in [6.45, 7) is 3.91. The van der Waals surface area contributed by atoms with E-state index in [0.29, 0.717) is 5.39 Å². The maximum atomic E-state index is 11.7. The van der Waals surface area contributed by atoms with Crippen molar-refractivity contribution in [2.45, 2.75) is 24.7 Å². The van der Waals surface area contributed by atoms with Crippen LogP contribution in [0.3, 0.4) is 0 Å². The highest BCUT2D eigenvalue weighted by molar-refractivity contribution is 8.14. The van der Waals surface area contributed by atoms with Crippen molar-refractivity contribution in [2.24, 2.45) is 0 Å². The molecule has 2 aromatic rings. The predicted octanol–water partition coefficient (Wildman–Crippen LogP) is 3.89. The van der Waals surface area contributed by atoms with Crippen molar-refractivity contribution in [1.29, 1.82) is 0 Å². The Hall–Kier alpha value is -1.06. The smallest absolute Gasteiger partial charge is 0.207 e. The third-order valence-corrected chi connectivity index (χ3v) is 4.18. The molecule has 17 heavy (non-hydrogen) atoms. The van der Waals surface area contributed by atoms with Gasteiger partial charge < -0.3 is 0 Å². The molecular weight excluding hydrogens is 256 g/mol. The molecule has 0 aromatic heterocycles. The average Bonchev–Trinajstić information content (AvgIpc) is 2.26. The van der Waals surface area contributed by atoms with E-state index in [9.17, 15) is 8.42 Å². The van der Waals surface area contributed by atoms with Gasteiger partial charge in [0.15, 0.2) is 0 Å². The summed E-state index contributed by atoms with van der Waals surface area (Å²) in [6.07, 6.45) is 0. The molecule has 0 atom stereocenters. The van der Waals surface area contributed by atoms with Crippen molar-refractivity contribution in [3.63, 3.8) is 0 Å². The molecule has 0 saturated heterocycles. The molecule has 90 valence electrons. The highest BCUT2D eigenvalue weighted by Crippen LogP contribution is 2.33. The summed E-state index contributed by atoms with van der Waals surface area (Å²) in [6, 6.07) is 11.1. The number of hydrogen-bond donors (Lipinski definition) is 0. The van der Waals surface area contributed by atoms with Gasteiger partial charge in [0.2, 0.25) is 0 Å². The SMILES string of the molecule is CC(C)c1ccc2ccccc2c1S(=O)(=O)Cl. The summed E-state index contributed by atoms with van der Waals surface area (Å²) < 4.78 is 23.5. The first-order valence-electron chi connectivity index (χ1n) is 5.37. The van der Waals surface area contributed by atoms with Crippen LogP contribution in [0.15, 0.2) is 41.3 Å². The van der Waals surface area contributed by atoms with Gasteiger partial charge in [-0.3, -0.25) is 0 Å². The maximum absolute atomic E-state index is 11.7. The first-order valence-corrected chi connectivity index (χ1v) is 7.68. The summed E-state index contributed by atoms with van der Waals surface area (Å²) in [7, 11) is 1.83. The van der Waals surface area contributed by atoms with E-state index in [1.807, 2.05) is 44.2 Å². The molecule has 0 spiro atoms. The first kappa shape index (κ1) is 12.4. The zero-order valence-electron chi connectivity index (χ0n) is 9.64. The Balaban J connectivity index is 2.95. The molecule has 0 unspecified atom stereocenters. The third kappa shape index (κ3) is 2.31. The lowest BCUT2D eigenvalue weighted by Crippen LogP contribution is -2.01. The molecule has 0 aliphatic carbocycles. The zero-order chi connectivity index (χ0) is 12.6. The van der Waals surface area contributed by atoms with E-state index in [-0.39, 0.29) is 10.8 Å². The number of fused-ring (bicyclic) bond motifs is 1. The van der Waals surface area contributed by atoms with Crippen LogP contribution in [0.1, 0.15) is 25.3 Å². The fourth-order valence-corrected chi connectivity index (χ4v) is 3.54. The molecule has 4 heteroatoms. The predicted molar refractivity (Wildman–Crippen MR) is 71.1 cm³/mol. The van der Waals surface area contributed by atoms with Crippen molar-refractivity contribution >= 4 is 30.5 Å². The molecule has 0 saturated carbocycles. The van der Waals surface area contributed by atoms with Crippen LogP contribution in [-0.4, -0.2) is 8.42 Å². The third-order valence-electron chi connectivity index (χ3n) is 2.78. The molecule has 0 aliphatic rings. The van der Waals surface area contributed by atoms with Gasteiger partial charge in [0.25, 0.3) is 9.05 Å². The van der Waals surface area contributed by atoms with Crippen molar-refractivity contribution in [1.82, 2.24) is 0 Å². The fourth-order valence-electron chi connectivity index (χ4n) is 1.99. The standard InChI is InChI=1S/C13H13ClO2S/c1-9(2)11-8-7-10-5-3-4-6-12(10)13(11)17(14,15)16/h3-9H,1-2H3. The number of hydrogen-bond acceptors (Lipinski definition) is 2. The Kier molecular flexibility index (Phi) is 3.15. The van der Waals surface area contributed by atoms with Gasteiger partial charge in [-0.2, -0.15) is 0 Å². The van der Waals surface area contributed by atoms with Gasteiger partial charge in [-0.15, -0.1) is 0 Å². The summed E-state index contributed by atoms with van der Waals surface area (Å²) >= 11 is 0. The molecular formula is C13H13ClO2S. The quantitative estimate of drug-likeness (QED) is 0.775. The zero-order valence-corrected chi connectivity index (χ0v) is 11.2. The van der Waals surface area contributed by atoms with E-state index in [1.54, 1.807) is 6.07 Å². The molecule has 0 bridgehead atoms. The highest BCUT2D eigenvalue weighted by Gasteiger charge is 2.20. The second kappa shape index (κ2) is 4.31. The minimum atomic E-state index is -3.73. The van der Waals surface area contributed by atoms with E-state index in [0.717, 1.165) is 10.9 Å². The van der Waals surface area contributed by atoms with Crippen molar-refractivity contribution in [3.8, 4) is 0 Å². The van der Waals surface area contributed by atoms with Crippen LogP contribution in [0.4, 0.5) is 0 Å². The van der Waals surface area contributed by atoms with Gasteiger partial charge in [0.05, 0.1) is 4.90 Å². The van der Waals surface area contributed by atoms with Crippen LogP contribution >= 0.6 is 10.7 Å². The minimum absolute atomic E-state index is 0.114. The lowest BCUT2D eigenvalue weighted by molar-refractivity contribution is 0.608. The Morgan fingerprint density at radius 3 is 2.29 bits per heavy atom. The summed E-state index contributed by atoms with van der Waals surface area (Å²) in [5.74, 6) is 0.114. The van der Waals surface area contributed by atoms with Crippen LogP contribution in [0.2, 0.25) is 0 Å². The average molecular weight is 269 g/mol. The van der Waals surface area contributed by atoms with Crippen molar-refractivity contribution < 1.29 is 8.42 Å². The highest BCUT2D eigenvalue weighted by atomic mass is 35.7. The van der Waals surface area contributed by atoms with Crippen molar-refractivity contribution in [2.75, 3.05) is 0 Å². The molecule has 2 aromatic carbocycles. The van der Waals surface area contributed by atoms with E-state index in [2.05, 4.69) is 0 Å². The number of rotatable bonds is 2. The number of benzene rings is 2. The van der Waals surface area contributed by atoms with Gasteiger partial charge in [-0.25, -0.2) is 8.42 Å². The van der Waals surface area contributed by atoms with E-state index in [4.69, 9.17) is 10.7 Å². The molecule has 0 fully saturated rings. The van der Waals surface area contributed by atoms with E-state index >= 15 is 0 Å². The second-order valence-corrected chi connectivity index (χ2v) is 6.80. The van der Waals surface area contributed by atoms with E-state index < -0.39 is 9.05 Å². The maximum Gasteiger partial charge on any atom is 0.262 e. The Labute approximate surface area is 106 Å². The Morgan fingerprint density at radius 2 is 1.71 bits per heavy atom. The Morgan fingerprint density at radius 1 is 1.06 bits per heavy atom. The molecule has 0 heterocycles. The second-order valence-electron chi connectivity index (χ2n) is 4.30. The fraction of sp³-hybridized carbons (Fsp3) is 0.231. The van der Waals surface area contributed by atoms with Gasteiger partial charge in [-0.05, 0) is 16.9 Å². The van der Waals surface area contributed by atoms with Crippen LogP contribution in [0.5, 0.6) is 0 Å². The molecule has 2 nitrogen and oxygen atoms in total. The lowest BCUT2D eigenvalue weighted by Gasteiger charge is -2.13. The van der Waals surface area contributed by atoms with Gasteiger partial charge in [0.1, 0.15) is 0 Å². The molecule has 0 aliphatic heterocycles. The number of halogens is 1. The topological polar surface area (TPSA) is 34.1 Å². The minimum Gasteiger partial charge on any atom is -0.207 e. The van der Waals surface area contributed by atoms with Crippen LogP contribution in [0.25, 0.3) is 10.8 Å². The molecule has 2 rings (SSSR count). The monoisotopic (exact) mass is 268 g/mol. The normalized spacial score (nSPS) is 12.2. The largest absolute Gasteiger partial charge is 0.262 e. The van der Waals surface area contributed by atoms with Crippen LogP contribution in [-0.2, 0) is 9.05 Å². The lowest BCUT2D eigenvalue weighted by atomic mass is 9.99.